The first kappa shape index (κ1) is 9.32. The second kappa shape index (κ2) is 3.16. The van der Waals surface area contributed by atoms with Crippen molar-refractivity contribution in [3.63, 3.8) is 0 Å². The van der Waals surface area contributed by atoms with Crippen molar-refractivity contribution >= 4 is 23.4 Å². The lowest BCUT2D eigenvalue weighted by atomic mass is 10.1. The van der Waals surface area contributed by atoms with Crippen LogP contribution in [0.1, 0.15) is 5.56 Å². The molecule has 76 valence electrons. The molecule has 0 atom stereocenters. The van der Waals surface area contributed by atoms with Crippen molar-refractivity contribution in [2.75, 3.05) is 0 Å². The molecule has 5 nitrogen and oxygen atoms in total. The summed E-state index contributed by atoms with van der Waals surface area (Å²) in [6, 6.07) is 2.15. The van der Waals surface area contributed by atoms with Gasteiger partial charge in [-0.3, -0.25) is 10.1 Å². The molecular formula is C9H6FN3O2. The van der Waals surface area contributed by atoms with E-state index in [2.05, 4.69) is 16.9 Å². The van der Waals surface area contributed by atoms with Crippen molar-refractivity contribution < 1.29 is 9.31 Å². The van der Waals surface area contributed by atoms with E-state index < -0.39 is 16.4 Å². The van der Waals surface area contributed by atoms with E-state index in [9.17, 15) is 14.5 Å². The largest absolute Gasteiger partial charge is 0.346 e. The molecule has 2 rings (SSSR count). The molecule has 1 aliphatic heterocycles. The minimum atomic E-state index is -0.898. The van der Waals surface area contributed by atoms with Gasteiger partial charge in [0.2, 0.25) is 5.82 Å². The number of aliphatic imine (C=N–C) groups is 1. The Hall–Kier alpha value is -2.24. The summed E-state index contributed by atoms with van der Waals surface area (Å²) in [5.74, 6) is -0.898. The van der Waals surface area contributed by atoms with Crippen LogP contribution in [-0.4, -0.2) is 11.3 Å². The summed E-state index contributed by atoms with van der Waals surface area (Å²) in [7, 11) is 0. The second-order valence-corrected chi connectivity index (χ2v) is 2.96. The SMILES string of the molecule is C=C1NC=Nc2cc(F)c([N+](=O)[O-])cc21. The van der Waals surface area contributed by atoms with E-state index in [0.29, 0.717) is 16.9 Å². The molecule has 0 radical (unpaired) electrons. The van der Waals surface area contributed by atoms with Crippen LogP contribution in [0.2, 0.25) is 0 Å². The molecule has 0 saturated carbocycles. The van der Waals surface area contributed by atoms with Crippen LogP contribution in [0.25, 0.3) is 5.70 Å². The molecule has 1 aromatic carbocycles. The standard InChI is InChI=1S/C9H6FN3O2/c1-5-6-2-9(13(14)15)7(10)3-8(6)12-4-11-5/h2-4H,1H2,(H,11,12). The van der Waals surface area contributed by atoms with E-state index >= 15 is 0 Å². The molecule has 0 aliphatic carbocycles. The van der Waals surface area contributed by atoms with Gasteiger partial charge < -0.3 is 5.32 Å². The third-order valence-electron chi connectivity index (χ3n) is 2.03. The molecule has 0 bridgehead atoms. The molecule has 0 spiro atoms. The zero-order chi connectivity index (χ0) is 11.0. The maximum absolute atomic E-state index is 13.2. The lowest BCUT2D eigenvalue weighted by Crippen LogP contribution is -2.12. The number of benzene rings is 1. The number of fused-ring (bicyclic) bond motifs is 1. The summed E-state index contributed by atoms with van der Waals surface area (Å²) in [6.45, 7) is 3.64. The van der Waals surface area contributed by atoms with E-state index in [1.54, 1.807) is 0 Å². The van der Waals surface area contributed by atoms with Crippen LogP contribution >= 0.6 is 0 Å². The van der Waals surface area contributed by atoms with Gasteiger partial charge >= 0.3 is 5.69 Å². The lowest BCUT2D eigenvalue weighted by Gasteiger charge is -2.13. The molecule has 0 saturated heterocycles. The van der Waals surface area contributed by atoms with E-state index in [1.807, 2.05) is 0 Å². The molecule has 15 heavy (non-hydrogen) atoms. The van der Waals surface area contributed by atoms with Crippen molar-refractivity contribution in [3.05, 3.63) is 40.2 Å². The fraction of sp³-hybridized carbons (Fsp3) is 0. The fourth-order valence-corrected chi connectivity index (χ4v) is 1.30. The quantitative estimate of drug-likeness (QED) is 0.565. The van der Waals surface area contributed by atoms with E-state index in [1.165, 1.54) is 6.34 Å². The number of nitrogens with zero attached hydrogens (tertiary/aromatic N) is 2. The third-order valence-corrected chi connectivity index (χ3v) is 2.03. The van der Waals surface area contributed by atoms with Crippen LogP contribution in [0.15, 0.2) is 23.7 Å². The minimum Gasteiger partial charge on any atom is -0.346 e. The topological polar surface area (TPSA) is 67.5 Å². The van der Waals surface area contributed by atoms with E-state index in [4.69, 9.17) is 0 Å². The Labute approximate surface area is 84.1 Å². The number of hydrogen-bond acceptors (Lipinski definition) is 4. The van der Waals surface area contributed by atoms with Gasteiger partial charge in [0.15, 0.2) is 0 Å². The highest BCUT2D eigenvalue weighted by Crippen LogP contribution is 2.32. The zero-order valence-electron chi connectivity index (χ0n) is 7.53. The first-order valence-corrected chi connectivity index (χ1v) is 4.06. The van der Waals surface area contributed by atoms with Crippen LogP contribution in [0, 0.1) is 15.9 Å². The van der Waals surface area contributed by atoms with Gasteiger partial charge in [-0.15, -0.1) is 0 Å². The van der Waals surface area contributed by atoms with Crippen LogP contribution in [0.4, 0.5) is 15.8 Å². The average molecular weight is 207 g/mol. The Morgan fingerprint density at radius 2 is 2.27 bits per heavy atom. The summed E-state index contributed by atoms with van der Waals surface area (Å²) in [4.78, 5) is 13.6. The van der Waals surface area contributed by atoms with Gasteiger partial charge in [0, 0.05) is 23.4 Å². The van der Waals surface area contributed by atoms with Gasteiger partial charge in [-0.25, -0.2) is 4.99 Å². The average Bonchev–Trinajstić information content (AvgIpc) is 2.16. The van der Waals surface area contributed by atoms with Gasteiger partial charge in [0.1, 0.15) is 0 Å². The maximum atomic E-state index is 13.2. The molecular weight excluding hydrogens is 201 g/mol. The number of nitro groups is 1. The summed E-state index contributed by atoms with van der Waals surface area (Å²) in [5.41, 5.74) is 0.657. The van der Waals surface area contributed by atoms with Crippen LogP contribution in [0.5, 0.6) is 0 Å². The van der Waals surface area contributed by atoms with Crippen molar-refractivity contribution in [1.29, 1.82) is 0 Å². The van der Waals surface area contributed by atoms with Crippen LogP contribution in [0.3, 0.4) is 0 Å². The Bertz CT molecular complexity index is 496. The number of nitrogens with one attached hydrogen (secondary N) is 1. The molecule has 0 unspecified atom stereocenters. The molecule has 1 heterocycles. The summed E-state index contributed by atoms with van der Waals surface area (Å²) >= 11 is 0. The molecule has 0 aromatic heterocycles. The first-order valence-electron chi connectivity index (χ1n) is 4.06. The van der Waals surface area contributed by atoms with E-state index in [0.717, 1.165) is 12.1 Å². The van der Waals surface area contributed by atoms with Crippen molar-refractivity contribution in [2.24, 2.45) is 4.99 Å². The molecule has 0 fully saturated rings. The Kier molecular flexibility index (Phi) is 1.96. The minimum absolute atomic E-state index is 0.335. The summed E-state index contributed by atoms with van der Waals surface area (Å²) in [6.07, 6.45) is 1.36. The second-order valence-electron chi connectivity index (χ2n) is 2.96. The first-order chi connectivity index (χ1) is 7.09. The molecule has 0 amide bonds. The van der Waals surface area contributed by atoms with Gasteiger partial charge in [-0.05, 0) is 0 Å². The molecule has 1 aliphatic rings. The number of nitro benzene ring substituents is 1. The third kappa shape index (κ3) is 1.45. The number of rotatable bonds is 1. The number of halogens is 1. The van der Waals surface area contributed by atoms with Crippen LogP contribution in [-0.2, 0) is 0 Å². The highest BCUT2D eigenvalue weighted by atomic mass is 19.1. The highest BCUT2D eigenvalue weighted by Gasteiger charge is 2.20. The van der Waals surface area contributed by atoms with Gasteiger partial charge in [0.05, 0.1) is 16.9 Å². The van der Waals surface area contributed by atoms with Crippen LogP contribution < -0.4 is 5.32 Å². The Morgan fingerprint density at radius 3 is 2.93 bits per heavy atom. The fourth-order valence-electron chi connectivity index (χ4n) is 1.30. The molecule has 1 N–H and O–H groups in total. The number of hydrogen-bond donors (Lipinski definition) is 1. The van der Waals surface area contributed by atoms with Gasteiger partial charge in [-0.2, -0.15) is 4.39 Å². The Balaban J connectivity index is 2.66. The van der Waals surface area contributed by atoms with Gasteiger partial charge in [0.25, 0.3) is 0 Å². The van der Waals surface area contributed by atoms with Gasteiger partial charge in [-0.1, -0.05) is 6.58 Å². The van der Waals surface area contributed by atoms with Crippen molar-refractivity contribution in [3.8, 4) is 0 Å². The maximum Gasteiger partial charge on any atom is 0.305 e. The summed E-state index contributed by atoms with van der Waals surface area (Å²) < 4.78 is 13.2. The normalized spacial score (nSPS) is 13.3. The monoisotopic (exact) mass is 207 g/mol. The van der Waals surface area contributed by atoms with Crippen molar-refractivity contribution in [1.82, 2.24) is 5.32 Å². The lowest BCUT2D eigenvalue weighted by molar-refractivity contribution is -0.387. The summed E-state index contributed by atoms with van der Waals surface area (Å²) in [5, 5.41) is 13.2. The predicted molar refractivity (Wildman–Crippen MR) is 53.4 cm³/mol. The highest BCUT2D eigenvalue weighted by molar-refractivity contribution is 5.87. The smallest absolute Gasteiger partial charge is 0.305 e. The molecule has 1 aromatic rings. The predicted octanol–water partition coefficient (Wildman–Crippen LogP) is 1.97. The molecule has 6 heteroatoms. The Morgan fingerprint density at radius 1 is 1.53 bits per heavy atom. The zero-order valence-corrected chi connectivity index (χ0v) is 7.53. The van der Waals surface area contributed by atoms with E-state index in [-0.39, 0.29) is 0 Å². The van der Waals surface area contributed by atoms with Crippen molar-refractivity contribution in [2.45, 2.75) is 0 Å².